The number of carbonyl (C=O) groups is 1. The average Bonchev–Trinajstić information content (AvgIpc) is 2.88. The van der Waals surface area contributed by atoms with Gasteiger partial charge in [-0.2, -0.15) is 0 Å². The number of hydrogen-bond donors (Lipinski definition) is 0. The summed E-state index contributed by atoms with van der Waals surface area (Å²) in [4.78, 5) is 22.0. The minimum absolute atomic E-state index is 0.0499. The van der Waals surface area contributed by atoms with E-state index in [9.17, 15) is 4.79 Å². The third-order valence-corrected chi connectivity index (χ3v) is 6.14. The first-order valence-corrected chi connectivity index (χ1v) is 11.4. The van der Waals surface area contributed by atoms with E-state index < -0.39 is 0 Å². The molecule has 2 aromatic carbocycles. The monoisotopic (exact) mass is 461 g/mol. The van der Waals surface area contributed by atoms with Gasteiger partial charge in [0.15, 0.2) is 0 Å². The van der Waals surface area contributed by atoms with Gasteiger partial charge in [0.05, 0.1) is 45.7 Å². The molecule has 0 atom stereocenters. The van der Waals surface area contributed by atoms with Crippen molar-refractivity contribution < 1.29 is 19.0 Å². The third kappa shape index (κ3) is 5.15. The van der Waals surface area contributed by atoms with E-state index >= 15 is 0 Å². The second kappa shape index (κ2) is 10.6. The molecule has 0 radical (unpaired) electrons. The van der Waals surface area contributed by atoms with E-state index in [1.165, 1.54) is 0 Å². The van der Waals surface area contributed by atoms with Crippen molar-refractivity contribution in [3.63, 3.8) is 0 Å². The molecular formula is C27H31N3O4. The van der Waals surface area contributed by atoms with Crippen molar-refractivity contribution in [2.24, 2.45) is 0 Å². The highest BCUT2D eigenvalue weighted by Gasteiger charge is 2.21. The number of anilines is 2. The maximum Gasteiger partial charge on any atom is 0.231 e. The molecular weight excluding hydrogens is 430 g/mol. The molecule has 0 saturated carbocycles. The zero-order valence-electron chi connectivity index (χ0n) is 20.2. The number of morpholine rings is 1. The fraction of sp³-hybridized carbons (Fsp3) is 0.333. The fourth-order valence-corrected chi connectivity index (χ4v) is 4.16. The SMILES string of the molecule is COc1cc(CC(=O)N(C)c2cnc(N3CCOCC3)cc2-c2ccccc2C)cc(OC)c1. The van der Waals surface area contributed by atoms with Crippen LogP contribution in [0.3, 0.4) is 0 Å². The molecule has 34 heavy (non-hydrogen) atoms. The Balaban J connectivity index is 1.68. The molecule has 0 N–H and O–H groups in total. The van der Waals surface area contributed by atoms with E-state index in [4.69, 9.17) is 19.2 Å². The molecule has 1 aromatic heterocycles. The highest BCUT2D eigenvalue weighted by Crippen LogP contribution is 2.35. The van der Waals surface area contributed by atoms with Crippen LogP contribution in [0.25, 0.3) is 11.1 Å². The van der Waals surface area contributed by atoms with Crippen LogP contribution in [0.15, 0.2) is 54.7 Å². The number of nitrogens with zero attached hydrogens (tertiary/aromatic N) is 3. The van der Waals surface area contributed by atoms with E-state index in [1.807, 2.05) is 24.3 Å². The van der Waals surface area contributed by atoms with E-state index in [2.05, 4.69) is 30.0 Å². The van der Waals surface area contributed by atoms with Crippen molar-refractivity contribution in [3.05, 3.63) is 65.9 Å². The lowest BCUT2D eigenvalue weighted by molar-refractivity contribution is -0.117. The van der Waals surface area contributed by atoms with Crippen molar-refractivity contribution in [2.75, 3.05) is 57.4 Å². The molecule has 0 unspecified atom stereocenters. The van der Waals surface area contributed by atoms with Crippen LogP contribution in [0.5, 0.6) is 11.5 Å². The summed E-state index contributed by atoms with van der Waals surface area (Å²) in [6.07, 6.45) is 2.01. The van der Waals surface area contributed by atoms with Gasteiger partial charge in [0.25, 0.3) is 0 Å². The largest absolute Gasteiger partial charge is 0.497 e. The molecule has 0 spiro atoms. The molecule has 1 aliphatic heterocycles. The summed E-state index contributed by atoms with van der Waals surface area (Å²) in [7, 11) is 5.00. The first-order chi connectivity index (χ1) is 16.5. The van der Waals surface area contributed by atoms with Crippen molar-refractivity contribution in [1.29, 1.82) is 0 Å². The number of rotatable bonds is 7. The van der Waals surface area contributed by atoms with Crippen LogP contribution in [-0.2, 0) is 16.0 Å². The van der Waals surface area contributed by atoms with Crippen molar-refractivity contribution in [2.45, 2.75) is 13.3 Å². The number of methoxy groups -OCH3 is 2. The van der Waals surface area contributed by atoms with Gasteiger partial charge < -0.3 is 24.0 Å². The van der Waals surface area contributed by atoms with Crippen molar-refractivity contribution in [1.82, 2.24) is 4.98 Å². The van der Waals surface area contributed by atoms with Gasteiger partial charge in [0.2, 0.25) is 5.91 Å². The van der Waals surface area contributed by atoms with E-state index in [0.29, 0.717) is 24.7 Å². The van der Waals surface area contributed by atoms with Crippen LogP contribution in [-0.4, -0.2) is 58.5 Å². The topological polar surface area (TPSA) is 64.1 Å². The van der Waals surface area contributed by atoms with E-state index in [0.717, 1.165) is 46.8 Å². The molecule has 0 bridgehead atoms. The summed E-state index contributed by atoms with van der Waals surface area (Å²) in [6, 6.07) is 15.8. The van der Waals surface area contributed by atoms with Gasteiger partial charge in [-0.15, -0.1) is 0 Å². The predicted molar refractivity (Wildman–Crippen MR) is 134 cm³/mol. The zero-order chi connectivity index (χ0) is 24.1. The van der Waals surface area contributed by atoms with Crippen LogP contribution < -0.4 is 19.3 Å². The quantitative estimate of drug-likeness (QED) is 0.528. The number of aromatic nitrogens is 1. The van der Waals surface area contributed by atoms with Gasteiger partial charge in [-0.25, -0.2) is 4.98 Å². The Labute approximate surface area is 200 Å². The number of benzene rings is 2. The first kappa shape index (κ1) is 23.6. The molecule has 7 heteroatoms. The Bertz CT molecular complexity index is 1140. The van der Waals surface area contributed by atoms with Crippen molar-refractivity contribution in [3.8, 4) is 22.6 Å². The first-order valence-electron chi connectivity index (χ1n) is 11.4. The average molecular weight is 462 g/mol. The van der Waals surface area contributed by atoms with Gasteiger partial charge in [-0.05, 0) is 41.8 Å². The van der Waals surface area contributed by atoms with Crippen LogP contribution in [0, 0.1) is 6.92 Å². The van der Waals surface area contributed by atoms with Crippen LogP contribution >= 0.6 is 0 Å². The Morgan fingerprint density at radius 1 is 1.03 bits per heavy atom. The second-order valence-corrected chi connectivity index (χ2v) is 8.32. The van der Waals surface area contributed by atoms with Gasteiger partial charge in [0, 0.05) is 31.8 Å². The van der Waals surface area contributed by atoms with E-state index in [-0.39, 0.29) is 12.3 Å². The third-order valence-electron chi connectivity index (χ3n) is 6.14. The Morgan fingerprint density at radius 3 is 2.35 bits per heavy atom. The Hall–Kier alpha value is -3.58. The molecule has 1 amide bonds. The summed E-state index contributed by atoms with van der Waals surface area (Å²) in [5.41, 5.74) is 4.79. The summed E-state index contributed by atoms with van der Waals surface area (Å²) in [5.74, 6) is 2.15. The lowest BCUT2D eigenvalue weighted by atomic mass is 9.99. The zero-order valence-corrected chi connectivity index (χ0v) is 20.2. The fourth-order valence-electron chi connectivity index (χ4n) is 4.16. The number of likely N-dealkylation sites (N-methyl/N-ethyl adjacent to an activating group) is 1. The molecule has 7 nitrogen and oxygen atoms in total. The van der Waals surface area contributed by atoms with Crippen LogP contribution in [0.2, 0.25) is 0 Å². The minimum Gasteiger partial charge on any atom is -0.497 e. The van der Waals surface area contributed by atoms with Crippen molar-refractivity contribution >= 4 is 17.4 Å². The number of aryl methyl sites for hydroxylation is 1. The Morgan fingerprint density at radius 2 is 1.71 bits per heavy atom. The number of carbonyl (C=O) groups excluding carboxylic acids is 1. The van der Waals surface area contributed by atoms with Crippen LogP contribution in [0.1, 0.15) is 11.1 Å². The van der Waals surface area contributed by atoms with Gasteiger partial charge in [-0.3, -0.25) is 4.79 Å². The molecule has 1 fully saturated rings. The molecule has 4 rings (SSSR count). The summed E-state index contributed by atoms with van der Waals surface area (Å²) in [6.45, 7) is 5.05. The van der Waals surface area contributed by atoms with Crippen LogP contribution in [0.4, 0.5) is 11.5 Å². The summed E-state index contributed by atoms with van der Waals surface area (Å²) >= 11 is 0. The maximum absolute atomic E-state index is 13.4. The molecule has 1 aliphatic rings. The second-order valence-electron chi connectivity index (χ2n) is 8.32. The number of amides is 1. The lowest BCUT2D eigenvalue weighted by Gasteiger charge is -2.29. The van der Waals surface area contributed by atoms with Gasteiger partial charge >= 0.3 is 0 Å². The number of pyridine rings is 1. The van der Waals surface area contributed by atoms with Gasteiger partial charge in [-0.1, -0.05) is 24.3 Å². The summed E-state index contributed by atoms with van der Waals surface area (Å²) in [5, 5.41) is 0. The Kier molecular flexibility index (Phi) is 7.33. The number of ether oxygens (including phenoxy) is 3. The predicted octanol–water partition coefficient (Wildman–Crippen LogP) is 4.12. The highest BCUT2D eigenvalue weighted by molar-refractivity contribution is 5.99. The minimum atomic E-state index is -0.0499. The molecule has 178 valence electrons. The smallest absolute Gasteiger partial charge is 0.231 e. The maximum atomic E-state index is 13.4. The molecule has 0 aliphatic carbocycles. The molecule has 3 aromatic rings. The lowest BCUT2D eigenvalue weighted by Crippen LogP contribution is -2.37. The highest BCUT2D eigenvalue weighted by atomic mass is 16.5. The molecule has 2 heterocycles. The van der Waals surface area contributed by atoms with Gasteiger partial charge in [0.1, 0.15) is 17.3 Å². The molecule has 1 saturated heterocycles. The summed E-state index contributed by atoms with van der Waals surface area (Å²) < 4.78 is 16.2. The standard InChI is InChI=1S/C27H31N3O4/c1-19-7-5-6-8-23(19)24-17-26(30-9-11-34-12-10-30)28-18-25(24)29(2)27(31)15-20-13-21(32-3)16-22(14-20)33-4/h5-8,13-14,16-18H,9-12,15H2,1-4H3. The number of hydrogen-bond acceptors (Lipinski definition) is 6. The van der Waals surface area contributed by atoms with E-state index in [1.54, 1.807) is 38.4 Å². The normalized spacial score (nSPS) is 13.5.